The van der Waals surface area contributed by atoms with Gasteiger partial charge in [0, 0.05) is 6.04 Å². The van der Waals surface area contributed by atoms with Gasteiger partial charge < -0.3 is 5.32 Å². The van der Waals surface area contributed by atoms with Crippen LogP contribution < -0.4 is 5.32 Å². The summed E-state index contributed by atoms with van der Waals surface area (Å²) in [4.78, 5) is 4.33. The Kier molecular flexibility index (Phi) is 4.93. The number of nitrogens with one attached hydrogen (secondary N) is 1. The molecule has 2 unspecified atom stereocenters. The molecule has 2 atom stereocenters. The van der Waals surface area contributed by atoms with E-state index in [0.717, 1.165) is 24.7 Å². The van der Waals surface area contributed by atoms with Gasteiger partial charge in [0.1, 0.15) is 11.6 Å². The molecule has 4 nitrogen and oxygen atoms in total. The summed E-state index contributed by atoms with van der Waals surface area (Å²) >= 11 is 0. The lowest BCUT2D eigenvalue weighted by Gasteiger charge is -2.24. The molecule has 92 valence electrons. The van der Waals surface area contributed by atoms with Crippen molar-refractivity contribution in [2.24, 2.45) is 5.92 Å². The topological polar surface area (TPSA) is 42.7 Å². The van der Waals surface area contributed by atoms with E-state index in [0.29, 0.717) is 12.0 Å². The Morgan fingerprint density at radius 2 is 2.00 bits per heavy atom. The van der Waals surface area contributed by atoms with Crippen LogP contribution >= 0.6 is 0 Å². The summed E-state index contributed by atoms with van der Waals surface area (Å²) in [7, 11) is 0. The summed E-state index contributed by atoms with van der Waals surface area (Å²) < 4.78 is 2.01. The smallest absolute Gasteiger partial charge is 0.147 e. The highest BCUT2D eigenvalue weighted by Crippen LogP contribution is 2.10. The molecule has 16 heavy (non-hydrogen) atoms. The zero-order valence-electron chi connectivity index (χ0n) is 11.1. The van der Waals surface area contributed by atoms with Gasteiger partial charge >= 0.3 is 0 Å². The molecular formula is C12H24N4. The number of hydrogen-bond donors (Lipinski definition) is 1. The van der Waals surface area contributed by atoms with Crippen molar-refractivity contribution < 1.29 is 0 Å². The molecule has 1 aromatic heterocycles. The fraction of sp³-hybridized carbons (Fsp3) is 0.833. The van der Waals surface area contributed by atoms with Crippen LogP contribution in [0.5, 0.6) is 0 Å². The van der Waals surface area contributed by atoms with Crippen LogP contribution in [0, 0.1) is 19.8 Å². The van der Waals surface area contributed by atoms with Gasteiger partial charge in [0.05, 0.1) is 6.54 Å². The summed E-state index contributed by atoms with van der Waals surface area (Å²) in [5, 5.41) is 7.94. The van der Waals surface area contributed by atoms with Gasteiger partial charge in [-0.05, 0) is 26.3 Å². The maximum atomic E-state index is 4.41. The van der Waals surface area contributed by atoms with Crippen LogP contribution in [0.25, 0.3) is 0 Å². The first-order chi connectivity index (χ1) is 7.58. The van der Waals surface area contributed by atoms with E-state index in [-0.39, 0.29) is 0 Å². The molecule has 1 rings (SSSR count). The quantitative estimate of drug-likeness (QED) is 0.802. The second kappa shape index (κ2) is 5.99. The summed E-state index contributed by atoms with van der Waals surface area (Å²) in [5.41, 5.74) is 0. The maximum Gasteiger partial charge on any atom is 0.147 e. The third-order valence-electron chi connectivity index (χ3n) is 3.13. The second-order valence-electron chi connectivity index (χ2n) is 4.44. The minimum absolute atomic E-state index is 0.481. The molecule has 0 aliphatic carbocycles. The van der Waals surface area contributed by atoms with Gasteiger partial charge in [0.25, 0.3) is 0 Å². The average Bonchev–Trinajstić information content (AvgIpc) is 2.55. The van der Waals surface area contributed by atoms with Crippen molar-refractivity contribution in [3.8, 4) is 0 Å². The molecule has 0 saturated heterocycles. The number of hydrogen-bond acceptors (Lipinski definition) is 3. The molecule has 1 heterocycles. The highest BCUT2D eigenvalue weighted by atomic mass is 15.3. The number of rotatable bonds is 6. The van der Waals surface area contributed by atoms with Crippen LogP contribution in [0.4, 0.5) is 0 Å². The summed E-state index contributed by atoms with van der Waals surface area (Å²) in [6.07, 6.45) is 1.18. The molecule has 0 aromatic carbocycles. The Labute approximate surface area is 98.5 Å². The van der Waals surface area contributed by atoms with E-state index >= 15 is 0 Å². The van der Waals surface area contributed by atoms with Crippen LogP contribution in [-0.4, -0.2) is 27.4 Å². The molecule has 1 aromatic rings. The minimum atomic E-state index is 0.481. The van der Waals surface area contributed by atoms with Gasteiger partial charge in [-0.25, -0.2) is 9.67 Å². The Morgan fingerprint density at radius 3 is 2.44 bits per heavy atom. The largest absolute Gasteiger partial charge is 0.312 e. The molecule has 0 saturated carbocycles. The predicted octanol–water partition coefficient (Wildman–Crippen LogP) is 1.92. The van der Waals surface area contributed by atoms with Gasteiger partial charge in [-0.2, -0.15) is 5.10 Å². The fourth-order valence-corrected chi connectivity index (χ4v) is 1.91. The minimum Gasteiger partial charge on any atom is -0.312 e. The molecule has 0 amide bonds. The van der Waals surface area contributed by atoms with Crippen LogP contribution in [-0.2, 0) is 6.54 Å². The monoisotopic (exact) mass is 224 g/mol. The molecule has 0 spiro atoms. The van der Waals surface area contributed by atoms with Crippen LogP contribution in [0.1, 0.15) is 38.8 Å². The normalized spacial score (nSPS) is 15.1. The molecular weight excluding hydrogens is 200 g/mol. The zero-order chi connectivity index (χ0) is 12.1. The summed E-state index contributed by atoms with van der Waals surface area (Å²) in [6.45, 7) is 12.5. The molecule has 0 radical (unpaired) electrons. The van der Waals surface area contributed by atoms with Gasteiger partial charge in [0.15, 0.2) is 0 Å². The van der Waals surface area contributed by atoms with Crippen molar-refractivity contribution in [2.45, 2.75) is 53.6 Å². The highest BCUT2D eigenvalue weighted by molar-refractivity contribution is 4.89. The van der Waals surface area contributed by atoms with Crippen molar-refractivity contribution >= 4 is 0 Å². The second-order valence-corrected chi connectivity index (χ2v) is 4.44. The maximum absolute atomic E-state index is 4.41. The van der Waals surface area contributed by atoms with Crippen molar-refractivity contribution in [3.63, 3.8) is 0 Å². The molecule has 0 aliphatic rings. The lowest BCUT2D eigenvalue weighted by Crippen LogP contribution is -2.38. The average molecular weight is 224 g/mol. The Bertz CT molecular complexity index is 319. The van der Waals surface area contributed by atoms with Gasteiger partial charge in [-0.3, -0.25) is 0 Å². The van der Waals surface area contributed by atoms with Crippen molar-refractivity contribution in [1.82, 2.24) is 20.1 Å². The first kappa shape index (κ1) is 13.2. The lowest BCUT2D eigenvalue weighted by atomic mass is 9.99. The van der Waals surface area contributed by atoms with E-state index < -0.39 is 0 Å². The highest BCUT2D eigenvalue weighted by Gasteiger charge is 2.16. The third-order valence-corrected chi connectivity index (χ3v) is 3.13. The predicted molar refractivity (Wildman–Crippen MR) is 66.4 cm³/mol. The number of aromatic nitrogens is 3. The third kappa shape index (κ3) is 3.30. The summed E-state index contributed by atoms with van der Waals surface area (Å²) in [5.74, 6) is 2.52. The van der Waals surface area contributed by atoms with E-state index in [4.69, 9.17) is 0 Å². The lowest BCUT2D eigenvalue weighted by molar-refractivity contribution is 0.320. The first-order valence-corrected chi connectivity index (χ1v) is 6.19. The molecule has 0 bridgehead atoms. The summed E-state index contributed by atoms with van der Waals surface area (Å²) in [6, 6.07) is 0.481. The van der Waals surface area contributed by atoms with Gasteiger partial charge in [-0.15, -0.1) is 0 Å². The number of aryl methyl sites for hydroxylation is 2. The number of likely N-dealkylation sites (N-methyl/N-ethyl adjacent to an activating group) is 1. The van der Waals surface area contributed by atoms with E-state index in [2.05, 4.69) is 36.2 Å². The molecule has 0 aliphatic heterocycles. The molecule has 4 heteroatoms. The van der Waals surface area contributed by atoms with Crippen molar-refractivity contribution in [3.05, 3.63) is 11.6 Å². The van der Waals surface area contributed by atoms with E-state index in [1.807, 2.05) is 18.5 Å². The van der Waals surface area contributed by atoms with Crippen molar-refractivity contribution in [1.29, 1.82) is 0 Å². The van der Waals surface area contributed by atoms with Crippen LogP contribution in [0.2, 0.25) is 0 Å². The van der Waals surface area contributed by atoms with Crippen LogP contribution in [0.15, 0.2) is 0 Å². The van der Waals surface area contributed by atoms with Gasteiger partial charge in [0.2, 0.25) is 0 Å². The molecule has 1 N–H and O–H groups in total. The molecule has 0 fully saturated rings. The Morgan fingerprint density at radius 1 is 1.31 bits per heavy atom. The fourth-order valence-electron chi connectivity index (χ4n) is 1.91. The Hall–Kier alpha value is -0.900. The van der Waals surface area contributed by atoms with E-state index in [9.17, 15) is 0 Å². The Balaban J connectivity index is 2.71. The number of nitrogens with zero attached hydrogens (tertiary/aromatic N) is 3. The van der Waals surface area contributed by atoms with Crippen molar-refractivity contribution in [2.75, 3.05) is 6.54 Å². The SMILES string of the molecule is CCNC(Cn1nc(C)nc1C)C(C)CC. The van der Waals surface area contributed by atoms with Crippen LogP contribution in [0.3, 0.4) is 0 Å². The van der Waals surface area contributed by atoms with Gasteiger partial charge in [-0.1, -0.05) is 27.2 Å². The van der Waals surface area contributed by atoms with E-state index in [1.54, 1.807) is 0 Å². The van der Waals surface area contributed by atoms with E-state index in [1.165, 1.54) is 6.42 Å². The standard InChI is InChI=1S/C12H24N4/c1-6-9(3)12(13-7-2)8-16-11(5)14-10(4)15-16/h9,12-13H,6-8H2,1-5H3. The first-order valence-electron chi connectivity index (χ1n) is 6.19. The zero-order valence-corrected chi connectivity index (χ0v) is 11.1.